The van der Waals surface area contributed by atoms with Gasteiger partial charge in [-0.1, -0.05) is 13.0 Å². The molecule has 0 aliphatic rings. The number of carboxylic acids is 1. The molecule has 106 valence electrons. The van der Waals surface area contributed by atoms with Crippen LogP contribution in [-0.2, 0) is 0 Å². The first-order valence-electron chi connectivity index (χ1n) is 6.55. The summed E-state index contributed by atoms with van der Waals surface area (Å²) in [6, 6.07) is 5.77. The highest BCUT2D eigenvalue weighted by Crippen LogP contribution is 2.16. The van der Waals surface area contributed by atoms with Crippen LogP contribution < -0.4 is 5.32 Å². The van der Waals surface area contributed by atoms with Gasteiger partial charge in [0.1, 0.15) is 0 Å². The molecule has 20 heavy (non-hydrogen) atoms. The van der Waals surface area contributed by atoms with E-state index in [1.807, 2.05) is 39.0 Å². The molecule has 0 radical (unpaired) electrons. The Kier molecular flexibility index (Phi) is 4.02. The van der Waals surface area contributed by atoms with Crippen molar-refractivity contribution in [2.45, 2.75) is 27.2 Å². The van der Waals surface area contributed by atoms with Gasteiger partial charge in [0.25, 0.3) is 0 Å². The van der Waals surface area contributed by atoms with Crippen molar-refractivity contribution in [1.82, 2.24) is 15.0 Å². The molecule has 2 rings (SSSR count). The number of hydrogen-bond acceptors (Lipinski definition) is 4. The van der Waals surface area contributed by atoms with Crippen molar-refractivity contribution in [3.05, 3.63) is 35.0 Å². The second-order valence-corrected chi connectivity index (χ2v) is 4.69. The molecule has 0 unspecified atom stereocenters. The summed E-state index contributed by atoms with van der Waals surface area (Å²) in [6.45, 7) is 6.68. The minimum absolute atomic E-state index is 0.0586. The molecule has 2 N–H and O–H groups in total. The first kappa shape index (κ1) is 14.0. The van der Waals surface area contributed by atoms with E-state index >= 15 is 0 Å². The second kappa shape index (κ2) is 5.73. The highest BCUT2D eigenvalue weighted by atomic mass is 16.4. The summed E-state index contributed by atoms with van der Waals surface area (Å²) < 4.78 is 0. The number of carbonyl (C=O) groups is 1. The summed E-state index contributed by atoms with van der Waals surface area (Å²) in [6.07, 6.45) is 0.884. The average molecular weight is 274 g/mol. The van der Waals surface area contributed by atoms with Crippen molar-refractivity contribution < 1.29 is 9.90 Å². The van der Waals surface area contributed by atoms with Crippen molar-refractivity contribution in [2.24, 2.45) is 0 Å². The molecule has 0 amide bonds. The van der Waals surface area contributed by atoms with Gasteiger partial charge >= 0.3 is 5.97 Å². The van der Waals surface area contributed by atoms with Crippen LogP contribution in [0, 0.1) is 13.8 Å². The molecule has 1 aromatic carbocycles. The van der Waals surface area contributed by atoms with Gasteiger partial charge in [-0.3, -0.25) is 0 Å². The SMILES string of the molecule is CCCNc1nn(-c2ccc(C)c(C)c2)nc1C(=O)O. The van der Waals surface area contributed by atoms with Gasteiger partial charge in [0, 0.05) is 6.54 Å². The largest absolute Gasteiger partial charge is 0.476 e. The van der Waals surface area contributed by atoms with Gasteiger partial charge in [0.2, 0.25) is 5.69 Å². The van der Waals surface area contributed by atoms with Crippen LogP contribution in [0.15, 0.2) is 18.2 Å². The van der Waals surface area contributed by atoms with Crippen LogP contribution in [0.1, 0.15) is 35.0 Å². The van der Waals surface area contributed by atoms with Crippen molar-refractivity contribution >= 4 is 11.8 Å². The number of anilines is 1. The lowest BCUT2D eigenvalue weighted by molar-refractivity contribution is 0.0691. The maximum absolute atomic E-state index is 11.2. The first-order valence-corrected chi connectivity index (χ1v) is 6.55. The molecule has 0 aliphatic carbocycles. The van der Waals surface area contributed by atoms with Crippen LogP contribution in [0.2, 0.25) is 0 Å². The molecule has 1 heterocycles. The molecule has 0 bridgehead atoms. The summed E-state index contributed by atoms with van der Waals surface area (Å²) in [7, 11) is 0. The quantitative estimate of drug-likeness (QED) is 0.875. The van der Waals surface area contributed by atoms with E-state index in [-0.39, 0.29) is 5.69 Å². The van der Waals surface area contributed by atoms with Crippen LogP contribution in [0.5, 0.6) is 0 Å². The third-order valence-electron chi connectivity index (χ3n) is 3.08. The maximum atomic E-state index is 11.2. The molecule has 6 nitrogen and oxygen atoms in total. The number of hydrogen-bond donors (Lipinski definition) is 2. The average Bonchev–Trinajstić information content (AvgIpc) is 2.84. The number of benzene rings is 1. The Labute approximate surface area is 117 Å². The molecular formula is C14H18N4O2. The summed E-state index contributed by atoms with van der Waals surface area (Å²) in [5.74, 6) is -0.781. The van der Waals surface area contributed by atoms with Crippen LogP contribution in [0.4, 0.5) is 5.82 Å². The van der Waals surface area contributed by atoms with Crippen LogP contribution in [-0.4, -0.2) is 32.6 Å². The minimum atomic E-state index is -1.08. The van der Waals surface area contributed by atoms with E-state index in [9.17, 15) is 4.79 Å². The lowest BCUT2D eigenvalue weighted by atomic mass is 10.1. The Bertz CT molecular complexity index is 634. The highest BCUT2D eigenvalue weighted by Gasteiger charge is 2.18. The predicted octanol–water partition coefficient (Wildman–Crippen LogP) is 2.40. The molecule has 0 saturated heterocycles. The number of rotatable bonds is 5. The molecular weight excluding hydrogens is 256 g/mol. The lowest BCUT2D eigenvalue weighted by Gasteiger charge is -2.03. The fourth-order valence-electron chi connectivity index (χ4n) is 1.78. The predicted molar refractivity (Wildman–Crippen MR) is 76.6 cm³/mol. The van der Waals surface area contributed by atoms with Gasteiger partial charge in [0.15, 0.2) is 5.82 Å². The number of aromatic carboxylic acids is 1. The topological polar surface area (TPSA) is 80.0 Å². The Balaban J connectivity index is 2.41. The zero-order valence-electron chi connectivity index (χ0n) is 11.8. The molecule has 6 heteroatoms. The van der Waals surface area contributed by atoms with E-state index in [0.29, 0.717) is 12.4 Å². The highest BCUT2D eigenvalue weighted by molar-refractivity contribution is 5.90. The fraction of sp³-hybridized carbons (Fsp3) is 0.357. The van der Waals surface area contributed by atoms with E-state index in [0.717, 1.165) is 17.7 Å². The maximum Gasteiger partial charge on any atom is 0.360 e. The van der Waals surface area contributed by atoms with Gasteiger partial charge in [-0.05, 0) is 43.5 Å². The van der Waals surface area contributed by atoms with Crippen molar-refractivity contribution in [2.75, 3.05) is 11.9 Å². The normalized spacial score (nSPS) is 10.6. The minimum Gasteiger partial charge on any atom is -0.476 e. The van der Waals surface area contributed by atoms with Crippen LogP contribution in [0.25, 0.3) is 5.69 Å². The van der Waals surface area contributed by atoms with Crippen LogP contribution in [0.3, 0.4) is 0 Å². The van der Waals surface area contributed by atoms with E-state index in [1.165, 1.54) is 10.4 Å². The molecule has 0 saturated carbocycles. The standard InChI is InChI=1S/C14H18N4O2/c1-4-7-15-13-12(14(19)20)16-18(17-13)11-6-5-9(2)10(3)8-11/h5-6,8H,4,7H2,1-3H3,(H,15,17)(H,19,20). The Morgan fingerprint density at radius 1 is 1.30 bits per heavy atom. The third-order valence-corrected chi connectivity index (χ3v) is 3.08. The lowest BCUT2D eigenvalue weighted by Crippen LogP contribution is -2.06. The number of aromatic nitrogens is 3. The van der Waals surface area contributed by atoms with Gasteiger partial charge in [-0.25, -0.2) is 4.79 Å². The number of nitrogens with one attached hydrogen (secondary N) is 1. The zero-order valence-corrected chi connectivity index (χ0v) is 11.8. The Morgan fingerprint density at radius 2 is 2.05 bits per heavy atom. The van der Waals surface area contributed by atoms with Crippen molar-refractivity contribution in [3.63, 3.8) is 0 Å². The van der Waals surface area contributed by atoms with E-state index in [1.54, 1.807) is 0 Å². The second-order valence-electron chi connectivity index (χ2n) is 4.69. The number of nitrogens with zero attached hydrogens (tertiary/aromatic N) is 3. The fourth-order valence-corrected chi connectivity index (χ4v) is 1.78. The van der Waals surface area contributed by atoms with Crippen molar-refractivity contribution in [1.29, 1.82) is 0 Å². The molecule has 2 aromatic rings. The Morgan fingerprint density at radius 3 is 2.65 bits per heavy atom. The smallest absolute Gasteiger partial charge is 0.360 e. The molecule has 0 atom stereocenters. The van der Waals surface area contributed by atoms with Gasteiger partial charge in [-0.2, -0.15) is 0 Å². The third kappa shape index (κ3) is 2.79. The molecule has 0 spiro atoms. The zero-order chi connectivity index (χ0) is 14.7. The van der Waals surface area contributed by atoms with Gasteiger partial charge in [0.05, 0.1) is 5.69 Å². The van der Waals surface area contributed by atoms with E-state index in [4.69, 9.17) is 5.11 Å². The number of carboxylic acid groups (broad SMARTS) is 1. The summed E-state index contributed by atoms with van der Waals surface area (Å²) in [4.78, 5) is 12.5. The molecule has 0 aliphatic heterocycles. The summed E-state index contributed by atoms with van der Waals surface area (Å²) >= 11 is 0. The monoisotopic (exact) mass is 274 g/mol. The van der Waals surface area contributed by atoms with Gasteiger partial charge in [-0.15, -0.1) is 15.0 Å². The van der Waals surface area contributed by atoms with Crippen molar-refractivity contribution in [3.8, 4) is 5.69 Å². The van der Waals surface area contributed by atoms with E-state index in [2.05, 4.69) is 15.5 Å². The first-order chi connectivity index (χ1) is 9.52. The number of aryl methyl sites for hydroxylation is 2. The summed E-state index contributed by atoms with van der Waals surface area (Å²) in [5.41, 5.74) is 2.97. The molecule has 0 fully saturated rings. The van der Waals surface area contributed by atoms with E-state index < -0.39 is 5.97 Å². The Hall–Kier alpha value is -2.37. The van der Waals surface area contributed by atoms with Crippen LogP contribution >= 0.6 is 0 Å². The summed E-state index contributed by atoms with van der Waals surface area (Å²) in [5, 5.41) is 20.4. The molecule has 1 aromatic heterocycles. The van der Waals surface area contributed by atoms with Gasteiger partial charge < -0.3 is 10.4 Å².